The molecule has 1 saturated carbocycles. The van der Waals surface area contributed by atoms with E-state index in [1.54, 1.807) is 19.9 Å². The lowest BCUT2D eigenvalue weighted by Gasteiger charge is -2.08. The van der Waals surface area contributed by atoms with Crippen LogP contribution in [0.5, 0.6) is 0 Å². The Labute approximate surface area is 90.7 Å². The van der Waals surface area contributed by atoms with Crippen molar-refractivity contribution in [1.29, 1.82) is 5.26 Å². The van der Waals surface area contributed by atoms with E-state index in [2.05, 4.69) is 0 Å². The van der Waals surface area contributed by atoms with Crippen molar-refractivity contribution >= 4 is 5.97 Å². The number of esters is 1. The fourth-order valence-electron chi connectivity index (χ4n) is 1.79. The van der Waals surface area contributed by atoms with Crippen LogP contribution in [0.4, 0.5) is 0 Å². The number of rotatable bonds is 3. The third kappa shape index (κ3) is 3.75. The molecule has 0 aromatic rings. The van der Waals surface area contributed by atoms with Gasteiger partial charge in [0.1, 0.15) is 11.6 Å². The second-order valence-electron chi connectivity index (χ2n) is 4.19. The summed E-state index contributed by atoms with van der Waals surface area (Å²) in [5.74, 6) is -0.0984. The van der Waals surface area contributed by atoms with Gasteiger partial charge in [-0.1, -0.05) is 18.9 Å². The molecule has 82 valence electrons. The van der Waals surface area contributed by atoms with Crippen molar-refractivity contribution in [2.24, 2.45) is 5.92 Å². The van der Waals surface area contributed by atoms with Crippen LogP contribution < -0.4 is 0 Å². The van der Waals surface area contributed by atoms with Crippen LogP contribution >= 0.6 is 0 Å². The summed E-state index contributed by atoms with van der Waals surface area (Å²) in [6.07, 6.45) is 6.16. The third-order valence-electron chi connectivity index (χ3n) is 2.49. The maximum absolute atomic E-state index is 11.5. The number of nitriles is 1. The van der Waals surface area contributed by atoms with Crippen LogP contribution in [0.3, 0.4) is 0 Å². The number of carbonyl (C=O) groups is 1. The zero-order valence-corrected chi connectivity index (χ0v) is 9.32. The van der Waals surface area contributed by atoms with E-state index in [4.69, 9.17) is 10.00 Å². The lowest BCUT2D eigenvalue weighted by Crippen LogP contribution is -2.13. The molecule has 0 bridgehead atoms. The van der Waals surface area contributed by atoms with Crippen LogP contribution in [-0.2, 0) is 9.53 Å². The molecular weight excluding hydrogens is 190 g/mol. The molecular formula is C12H17NO2. The molecule has 0 heterocycles. The molecule has 0 amide bonds. The summed E-state index contributed by atoms with van der Waals surface area (Å²) in [5.41, 5.74) is 0.163. The van der Waals surface area contributed by atoms with Gasteiger partial charge in [0.15, 0.2) is 0 Å². The minimum absolute atomic E-state index is 0.163. The molecule has 0 radical (unpaired) electrons. The summed E-state index contributed by atoms with van der Waals surface area (Å²) in [6.45, 7) is 3.56. The Morgan fingerprint density at radius 3 is 2.53 bits per heavy atom. The van der Waals surface area contributed by atoms with Crippen molar-refractivity contribution in [3.05, 3.63) is 11.6 Å². The molecule has 3 heteroatoms. The monoisotopic (exact) mass is 207 g/mol. The summed E-state index contributed by atoms with van der Waals surface area (Å²) < 4.78 is 4.98. The van der Waals surface area contributed by atoms with Crippen LogP contribution in [0.15, 0.2) is 11.6 Å². The molecule has 0 aliphatic heterocycles. The highest BCUT2D eigenvalue weighted by Crippen LogP contribution is 2.26. The van der Waals surface area contributed by atoms with Gasteiger partial charge in [-0.25, -0.2) is 4.79 Å². The van der Waals surface area contributed by atoms with Crippen molar-refractivity contribution in [1.82, 2.24) is 0 Å². The van der Waals surface area contributed by atoms with Gasteiger partial charge >= 0.3 is 5.97 Å². The minimum atomic E-state index is -0.487. The zero-order valence-electron chi connectivity index (χ0n) is 9.32. The largest absolute Gasteiger partial charge is 0.459 e. The Balaban J connectivity index is 2.61. The van der Waals surface area contributed by atoms with Gasteiger partial charge in [0, 0.05) is 0 Å². The molecule has 1 rings (SSSR count). The first-order valence-corrected chi connectivity index (χ1v) is 5.46. The van der Waals surface area contributed by atoms with Crippen molar-refractivity contribution in [3.8, 4) is 6.07 Å². The van der Waals surface area contributed by atoms with Crippen LogP contribution in [0.1, 0.15) is 39.5 Å². The Morgan fingerprint density at radius 1 is 1.47 bits per heavy atom. The van der Waals surface area contributed by atoms with Crippen LogP contribution in [-0.4, -0.2) is 12.1 Å². The topological polar surface area (TPSA) is 50.1 Å². The molecule has 0 spiro atoms. The summed E-state index contributed by atoms with van der Waals surface area (Å²) >= 11 is 0. The number of carbonyl (C=O) groups excluding carboxylic acids is 1. The highest BCUT2D eigenvalue weighted by atomic mass is 16.5. The second kappa shape index (κ2) is 5.55. The van der Waals surface area contributed by atoms with E-state index >= 15 is 0 Å². The van der Waals surface area contributed by atoms with Gasteiger partial charge in [0.05, 0.1) is 6.10 Å². The molecule has 1 aliphatic carbocycles. The Morgan fingerprint density at radius 2 is 2.07 bits per heavy atom. The normalized spacial score (nSPS) is 17.9. The third-order valence-corrected chi connectivity index (χ3v) is 2.49. The predicted molar refractivity (Wildman–Crippen MR) is 56.9 cm³/mol. The first-order valence-electron chi connectivity index (χ1n) is 5.46. The molecule has 0 atom stereocenters. The summed E-state index contributed by atoms with van der Waals surface area (Å²) in [5, 5.41) is 8.85. The zero-order chi connectivity index (χ0) is 11.3. The Bertz CT molecular complexity index is 293. The first kappa shape index (κ1) is 11.8. The molecule has 15 heavy (non-hydrogen) atoms. The first-order chi connectivity index (χ1) is 7.13. The molecule has 1 fully saturated rings. The smallest absolute Gasteiger partial charge is 0.348 e. The minimum Gasteiger partial charge on any atom is -0.459 e. The SMILES string of the molecule is CC(C)OC(=O)C(C#N)=CC1CCCC1. The van der Waals surface area contributed by atoms with Crippen molar-refractivity contribution in [2.75, 3.05) is 0 Å². The molecule has 0 aromatic carbocycles. The molecule has 3 nitrogen and oxygen atoms in total. The van der Waals surface area contributed by atoms with E-state index < -0.39 is 5.97 Å². The fourth-order valence-corrected chi connectivity index (χ4v) is 1.79. The average molecular weight is 207 g/mol. The molecule has 0 N–H and O–H groups in total. The Hall–Kier alpha value is -1.30. The maximum atomic E-state index is 11.5. The van der Waals surface area contributed by atoms with Gasteiger partial charge in [0.25, 0.3) is 0 Å². The van der Waals surface area contributed by atoms with Crippen LogP contribution in [0.25, 0.3) is 0 Å². The van der Waals surface area contributed by atoms with Gasteiger partial charge in [-0.3, -0.25) is 0 Å². The highest BCUT2D eigenvalue weighted by Gasteiger charge is 2.18. The van der Waals surface area contributed by atoms with Crippen LogP contribution in [0.2, 0.25) is 0 Å². The van der Waals surface area contributed by atoms with Gasteiger partial charge in [-0.2, -0.15) is 5.26 Å². The van der Waals surface area contributed by atoms with E-state index in [9.17, 15) is 4.79 Å². The number of nitrogens with zero attached hydrogens (tertiary/aromatic N) is 1. The summed E-state index contributed by atoms with van der Waals surface area (Å²) in [6, 6.07) is 1.92. The van der Waals surface area contributed by atoms with Crippen LogP contribution in [0, 0.1) is 17.2 Å². The van der Waals surface area contributed by atoms with Crippen molar-refractivity contribution in [2.45, 2.75) is 45.6 Å². The number of allylic oxidation sites excluding steroid dienone is 1. The predicted octanol–water partition coefficient (Wildman–Crippen LogP) is 2.58. The van der Waals surface area contributed by atoms with Gasteiger partial charge < -0.3 is 4.74 Å². The van der Waals surface area contributed by atoms with E-state index in [0.29, 0.717) is 5.92 Å². The maximum Gasteiger partial charge on any atom is 0.348 e. The molecule has 0 saturated heterocycles. The number of ether oxygens (including phenoxy) is 1. The second-order valence-corrected chi connectivity index (χ2v) is 4.19. The van der Waals surface area contributed by atoms with Crippen molar-refractivity contribution < 1.29 is 9.53 Å². The van der Waals surface area contributed by atoms with Gasteiger partial charge in [-0.05, 0) is 32.6 Å². The number of hydrogen-bond donors (Lipinski definition) is 0. The quantitative estimate of drug-likeness (QED) is 0.406. The van der Waals surface area contributed by atoms with E-state index in [1.165, 1.54) is 12.8 Å². The molecule has 0 unspecified atom stereocenters. The van der Waals surface area contributed by atoms with Gasteiger partial charge in [0.2, 0.25) is 0 Å². The molecule has 0 aromatic heterocycles. The Kier molecular flexibility index (Phi) is 4.36. The lowest BCUT2D eigenvalue weighted by atomic mass is 10.0. The number of hydrogen-bond acceptors (Lipinski definition) is 3. The van der Waals surface area contributed by atoms with Gasteiger partial charge in [-0.15, -0.1) is 0 Å². The fraction of sp³-hybridized carbons (Fsp3) is 0.667. The van der Waals surface area contributed by atoms with E-state index in [0.717, 1.165) is 12.8 Å². The molecule has 1 aliphatic rings. The van der Waals surface area contributed by atoms with E-state index in [-0.39, 0.29) is 11.7 Å². The van der Waals surface area contributed by atoms with E-state index in [1.807, 2.05) is 6.07 Å². The lowest BCUT2D eigenvalue weighted by molar-refractivity contribution is -0.142. The summed E-state index contributed by atoms with van der Waals surface area (Å²) in [7, 11) is 0. The summed E-state index contributed by atoms with van der Waals surface area (Å²) in [4.78, 5) is 11.5. The standard InChI is InChI=1S/C12H17NO2/c1-9(2)15-12(14)11(8-13)7-10-5-3-4-6-10/h7,9-10H,3-6H2,1-2H3. The highest BCUT2D eigenvalue weighted by molar-refractivity contribution is 5.92. The average Bonchev–Trinajstić information content (AvgIpc) is 2.65. The van der Waals surface area contributed by atoms with Crippen molar-refractivity contribution in [3.63, 3.8) is 0 Å².